The molecule has 0 amide bonds. The number of nitrogens with zero attached hydrogens (tertiary/aromatic N) is 1. The highest BCUT2D eigenvalue weighted by atomic mass is 32.1. The molecule has 0 atom stereocenters. The van der Waals surface area contributed by atoms with Crippen molar-refractivity contribution in [1.29, 1.82) is 0 Å². The van der Waals surface area contributed by atoms with E-state index in [9.17, 15) is 0 Å². The maximum atomic E-state index is 2.59. The third kappa shape index (κ3) is 3.69. The molecule has 2 heteroatoms. The third-order valence-corrected chi connectivity index (χ3v) is 13.9. The number of benzene rings is 8. The normalized spacial score (nSPS) is 14.8. The van der Waals surface area contributed by atoms with E-state index in [-0.39, 0.29) is 5.41 Å². The van der Waals surface area contributed by atoms with Gasteiger partial charge in [-0.3, -0.25) is 0 Å². The highest BCUT2D eigenvalue weighted by Gasteiger charge is 2.51. The Hall–Kier alpha value is -6.22. The lowest BCUT2D eigenvalue weighted by atomic mass is 9.70. The van der Waals surface area contributed by atoms with Crippen molar-refractivity contribution in [3.8, 4) is 33.4 Å². The van der Waals surface area contributed by atoms with Crippen molar-refractivity contribution >= 4 is 48.6 Å². The number of fused-ring (bicyclic) bond motifs is 16. The van der Waals surface area contributed by atoms with Crippen LogP contribution < -0.4 is 4.90 Å². The molecule has 0 fully saturated rings. The fraction of sp³-hybridized carbons (Fsp3) is 0.0769. The predicted octanol–water partition coefficient (Wildman–Crippen LogP) is 14.2. The molecular formula is C52H35NS. The van der Waals surface area contributed by atoms with Crippen molar-refractivity contribution in [3.63, 3.8) is 0 Å². The SMILES string of the molecule is CC1(C)c2ccccc2-c2cccc(N(c3ccc4c(c3)C3(c5ccccc5-c5ccccc53)c3ccccc3-4)c3cccc4c3sc3ccccc34)c21. The molecule has 0 radical (unpaired) electrons. The Labute approximate surface area is 319 Å². The van der Waals surface area contributed by atoms with Gasteiger partial charge >= 0.3 is 0 Å². The summed E-state index contributed by atoms with van der Waals surface area (Å²) >= 11 is 1.90. The number of rotatable bonds is 3. The molecule has 0 saturated carbocycles. The summed E-state index contributed by atoms with van der Waals surface area (Å²) in [5.74, 6) is 0. The summed E-state index contributed by atoms with van der Waals surface area (Å²) in [6.45, 7) is 4.81. The molecule has 1 aromatic heterocycles. The van der Waals surface area contributed by atoms with Crippen molar-refractivity contribution in [3.05, 3.63) is 209 Å². The summed E-state index contributed by atoms with van der Waals surface area (Å²) in [7, 11) is 0. The molecule has 3 aliphatic rings. The second-order valence-electron chi connectivity index (χ2n) is 15.6. The van der Waals surface area contributed by atoms with Gasteiger partial charge in [-0.25, -0.2) is 0 Å². The van der Waals surface area contributed by atoms with Crippen molar-refractivity contribution in [2.75, 3.05) is 4.90 Å². The van der Waals surface area contributed by atoms with Gasteiger partial charge in [-0.2, -0.15) is 0 Å². The molecule has 254 valence electrons. The monoisotopic (exact) mass is 705 g/mol. The van der Waals surface area contributed by atoms with Crippen LogP contribution in [0.1, 0.15) is 47.2 Å². The van der Waals surface area contributed by atoms with Crippen molar-refractivity contribution in [2.24, 2.45) is 0 Å². The molecule has 1 heterocycles. The van der Waals surface area contributed by atoms with Gasteiger partial charge in [0.1, 0.15) is 0 Å². The van der Waals surface area contributed by atoms with E-state index in [0.717, 1.165) is 0 Å². The van der Waals surface area contributed by atoms with Gasteiger partial charge in [-0.1, -0.05) is 159 Å². The summed E-state index contributed by atoms with van der Waals surface area (Å²) in [6, 6.07) is 66.3. The van der Waals surface area contributed by atoms with Crippen LogP contribution in [0.2, 0.25) is 0 Å². The maximum absolute atomic E-state index is 2.59. The number of hydrogen-bond acceptors (Lipinski definition) is 2. The van der Waals surface area contributed by atoms with Gasteiger partial charge in [0, 0.05) is 26.6 Å². The van der Waals surface area contributed by atoms with Gasteiger partial charge in [-0.15, -0.1) is 11.3 Å². The van der Waals surface area contributed by atoms with E-state index in [1.165, 1.54) is 104 Å². The Kier molecular flexibility index (Phi) is 5.99. The van der Waals surface area contributed by atoms with Gasteiger partial charge in [0.15, 0.2) is 0 Å². The number of anilines is 3. The summed E-state index contributed by atoms with van der Waals surface area (Å²) in [5, 5.41) is 2.62. The zero-order chi connectivity index (χ0) is 35.8. The highest BCUT2D eigenvalue weighted by Crippen LogP contribution is 2.64. The molecule has 8 aromatic carbocycles. The molecule has 1 nitrogen and oxygen atoms in total. The first-order valence-electron chi connectivity index (χ1n) is 18.9. The van der Waals surface area contributed by atoms with E-state index >= 15 is 0 Å². The molecule has 0 unspecified atom stereocenters. The maximum Gasteiger partial charge on any atom is 0.0726 e. The van der Waals surface area contributed by atoms with E-state index in [0.29, 0.717) is 0 Å². The second-order valence-corrected chi connectivity index (χ2v) is 16.6. The highest BCUT2D eigenvalue weighted by molar-refractivity contribution is 7.26. The quantitative estimate of drug-likeness (QED) is 0.177. The average Bonchev–Trinajstić information content (AvgIpc) is 3.91. The molecule has 12 rings (SSSR count). The first kappa shape index (κ1) is 30.3. The van der Waals surface area contributed by atoms with E-state index < -0.39 is 5.41 Å². The lowest BCUT2D eigenvalue weighted by molar-refractivity contribution is 0.661. The fourth-order valence-electron chi connectivity index (χ4n) is 10.5. The summed E-state index contributed by atoms with van der Waals surface area (Å²) < 4.78 is 2.62. The molecule has 0 saturated heterocycles. The first-order valence-corrected chi connectivity index (χ1v) is 19.8. The van der Waals surface area contributed by atoms with Crippen molar-refractivity contribution in [2.45, 2.75) is 24.7 Å². The zero-order valence-corrected chi connectivity index (χ0v) is 30.9. The van der Waals surface area contributed by atoms with Crippen molar-refractivity contribution < 1.29 is 0 Å². The van der Waals surface area contributed by atoms with Gasteiger partial charge < -0.3 is 4.90 Å². The first-order chi connectivity index (χ1) is 26.6. The lowest BCUT2D eigenvalue weighted by Crippen LogP contribution is -2.26. The minimum absolute atomic E-state index is 0.188. The van der Waals surface area contributed by atoms with Crippen LogP contribution in [0.25, 0.3) is 53.6 Å². The molecule has 0 N–H and O–H groups in total. The van der Waals surface area contributed by atoms with Gasteiger partial charge in [0.05, 0.1) is 21.5 Å². The summed E-state index contributed by atoms with van der Waals surface area (Å²) in [6.07, 6.45) is 0. The predicted molar refractivity (Wildman–Crippen MR) is 228 cm³/mol. The Morgan fingerprint density at radius 2 is 0.907 bits per heavy atom. The zero-order valence-electron chi connectivity index (χ0n) is 30.1. The Morgan fingerprint density at radius 1 is 0.407 bits per heavy atom. The van der Waals surface area contributed by atoms with E-state index in [1.54, 1.807) is 0 Å². The second kappa shape index (κ2) is 10.7. The molecule has 1 spiro atoms. The molecule has 0 bridgehead atoms. The standard InChI is InChI=1S/C52H35NS/c1-51(2)41-22-8-3-18-36(41)39-20-13-26-46(49(39)51)53(47-27-14-21-40-38-19-7-12-28-48(38)54-50(40)47)32-29-30-37-35-17-6-11-25-44(35)52(45(37)31-32)42-23-9-4-15-33(42)34-16-5-10-24-43(34)52/h3-31H,1-2H3. The summed E-state index contributed by atoms with van der Waals surface area (Å²) in [5.41, 5.74) is 19.2. The summed E-state index contributed by atoms with van der Waals surface area (Å²) in [4.78, 5) is 2.59. The largest absolute Gasteiger partial charge is 0.309 e. The van der Waals surface area contributed by atoms with E-state index in [1.807, 2.05) is 11.3 Å². The van der Waals surface area contributed by atoms with Crippen LogP contribution in [0.5, 0.6) is 0 Å². The van der Waals surface area contributed by atoms with Gasteiger partial charge in [0.2, 0.25) is 0 Å². The van der Waals surface area contributed by atoms with Crippen molar-refractivity contribution in [1.82, 2.24) is 0 Å². The van der Waals surface area contributed by atoms with Crippen LogP contribution in [-0.2, 0) is 10.8 Å². The van der Waals surface area contributed by atoms with Crippen LogP contribution >= 0.6 is 11.3 Å². The van der Waals surface area contributed by atoms with Crippen LogP contribution in [0.15, 0.2) is 176 Å². The minimum atomic E-state index is -0.418. The van der Waals surface area contributed by atoms with Crippen LogP contribution in [0.4, 0.5) is 17.1 Å². The minimum Gasteiger partial charge on any atom is -0.309 e. The number of thiophene rings is 1. The average molecular weight is 706 g/mol. The molecular weight excluding hydrogens is 671 g/mol. The van der Waals surface area contributed by atoms with E-state index in [2.05, 4.69) is 195 Å². The lowest BCUT2D eigenvalue weighted by Gasteiger charge is -2.34. The molecule has 3 aliphatic carbocycles. The van der Waals surface area contributed by atoms with Gasteiger partial charge in [-0.05, 0) is 97.1 Å². The fourth-order valence-corrected chi connectivity index (χ4v) is 11.7. The Balaban J connectivity index is 1.19. The molecule has 54 heavy (non-hydrogen) atoms. The van der Waals surface area contributed by atoms with Crippen LogP contribution in [0.3, 0.4) is 0 Å². The third-order valence-electron chi connectivity index (χ3n) is 12.7. The smallest absolute Gasteiger partial charge is 0.0726 e. The van der Waals surface area contributed by atoms with Gasteiger partial charge in [0.25, 0.3) is 0 Å². The Bertz CT molecular complexity index is 2990. The molecule has 9 aromatic rings. The topological polar surface area (TPSA) is 3.24 Å². The van der Waals surface area contributed by atoms with Crippen LogP contribution in [0, 0.1) is 0 Å². The molecule has 0 aliphatic heterocycles. The number of hydrogen-bond donors (Lipinski definition) is 0. The Morgan fingerprint density at radius 3 is 1.59 bits per heavy atom. The van der Waals surface area contributed by atoms with E-state index in [4.69, 9.17) is 0 Å². The van der Waals surface area contributed by atoms with Crippen LogP contribution in [-0.4, -0.2) is 0 Å².